The lowest BCUT2D eigenvalue weighted by Crippen LogP contribution is -1.97. The topological polar surface area (TPSA) is 47.9 Å². The van der Waals surface area contributed by atoms with Gasteiger partial charge in [-0.15, -0.1) is 0 Å². The van der Waals surface area contributed by atoms with Crippen molar-refractivity contribution in [3.05, 3.63) is 71.4 Å². The lowest BCUT2D eigenvalue weighted by atomic mass is 10.1. The summed E-state index contributed by atoms with van der Waals surface area (Å²) in [5.74, 6) is -2.16. The van der Waals surface area contributed by atoms with Crippen LogP contribution >= 0.6 is 0 Å². The Morgan fingerprint density at radius 1 is 0.962 bits per heavy atom. The van der Waals surface area contributed by atoms with Crippen LogP contribution in [0.25, 0.3) is 11.5 Å². The van der Waals surface area contributed by atoms with Gasteiger partial charge in [-0.05, 0) is 53.6 Å². The summed E-state index contributed by atoms with van der Waals surface area (Å²) in [6, 6.07) is 5.51. The van der Waals surface area contributed by atoms with Crippen molar-refractivity contribution in [1.29, 1.82) is 0 Å². The van der Waals surface area contributed by atoms with Gasteiger partial charge in [-0.3, -0.25) is 0 Å². The summed E-state index contributed by atoms with van der Waals surface area (Å²) in [6.07, 6.45) is 5.49. The fourth-order valence-electron chi connectivity index (χ4n) is 3.08. The van der Waals surface area contributed by atoms with E-state index in [0.29, 0.717) is 5.56 Å². The predicted octanol–water partition coefficient (Wildman–Crippen LogP) is 4.24. The third-order valence-electron chi connectivity index (χ3n) is 4.53. The Kier molecular flexibility index (Phi) is 4.06. The van der Waals surface area contributed by atoms with Crippen molar-refractivity contribution in [1.82, 2.24) is 15.0 Å². The van der Waals surface area contributed by atoms with Crippen molar-refractivity contribution in [2.45, 2.75) is 18.3 Å². The number of hydrogen-bond donors (Lipinski definition) is 0. The summed E-state index contributed by atoms with van der Waals surface area (Å²) in [4.78, 5) is 12.3. The van der Waals surface area contributed by atoms with Crippen LogP contribution in [-0.4, -0.2) is 22.1 Å². The van der Waals surface area contributed by atoms with Crippen LogP contribution in [-0.2, 0) is 0 Å². The molecule has 0 unspecified atom stereocenters. The van der Waals surface area contributed by atoms with Gasteiger partial charge in [0.15, 0.2) is 23.2 Å². The van der Waals surface area contributed by atoms with Gasteiger partial charge < -0.3 is 4.74 Å². The molecule has 26 heavy (non-hydrogen) atoms. The van der Waals surface area contributed by atoms with E-state index >= 15 is 0 Å². The van der Waals surface area contributed by atoms with Gasteiger partial charge in [0.25, 0.3) is 0 Å². The Morgan fingerprint density at radius 2 is 1.69 bits per heavy atom. The fraction of sp³-hybridized carbons (Fsp3) is 0.211. The van der Waals surface area contributed by atoms with Crippen LogP contribution in [0.1, 0.15) is 29.4 Å². The zero-order valence-corrected chi connectivity index (χ0v) is 13.8. The molecule has 0 N–H and O–H groups in total. The molecule has 132 valence electrons. The number of nitrogens with zero attached hydrogens (tertiary/aromatic N) is 3. The van der Waals surface area contributed by atoms with E-state index in [2.05, 4.69) is 15.0 Å². The van der Waals surface area contributed by atoms with Gasteiger partial charge in [0.05, 0.1) is 7.11 Å². The molecule has 1 aliphatic rings. The van der Waals surface area contributed by atoms with E-state index in [4.69, 9.17) is 4.74 Å². The zero-order chi connectivity index (χ0) is 18.3. The lowest BCUT2D eigenvalue weighted by molar-refractivity contribution is 0.371. The van der Waals surface area contributed by atoms with Crippen molar-refractivity contribution < 1.29 is 17.9 Å². The van der Waals surface area contributed by atoms with Crippen LogP contribution in [0.3, 0.4) is 0 Å². The molecule has 4 rings (SSSR count). The summed E-state index contributed by atoms with van der Waals surface area (Å²) >= 11 is 0. The first-order chi connectivity index (χ1) is 12.6. The van der Waals surface area contributed by atoms with E-state index in [1.807, 2.05) is 0 Å². The largest absolute Gasteiger partial charge is 0.494 e. The molecule has 7 heteroatoms. The summed E-state index contributed by atoms with van der Waals surface area (Å²) in [7, 11) is 1.30. The van der Waals surface area contributed by atoms with E-state index in [1.165, 1.54) is 37.6 Å². The maximum Gasteiger partial charge on any atom is 0.200 e. The normalized spacial score (nSPS) is 18.6. The van der Waals surface area contributed by atoms with Gasteiger partial charge in [0.2, 0.25) is 5.82 Å². The Labute approximate surface area is 147 Å². The number of rotatable bonds is 4. The second-order valence-electron chi connectivity index (χ2n) is 6.14. The number of methoxy groups -OCH3 is 1. The molecule has 4 nitrogen and oxygen atoms in total. The summed E-state index contributed by atoms with van der Waals surface area (Å²) in [5, 5.41) is 0. The van der Waals surface area contributed by atoms with E-state index in [9.17, 15) is 13.2 Å². The molecule has 1 fully saturated rings. The van der Waals surface area contributed by atoms with Crippen LogP contribution in [0.15, 0.2) is 42.9 Å². The Hall–Kier alpha value is -2.96. The smallest absolute Gasteiger partial charge is 0.200 e. The molecule has 2 atom stereocenters. The van der Waals surface area contributed by atoms with Crippen molar-refractivity contribution in [2.75, 3.05) is 7.11 Å². The van der Waals surface area contributed by atoms with Gasteiger partial charge in [-0.2, -0.15) is 4.39 Å². The quantitative estimate of drug-likeness (QED) is 0.701. The molecule has 1 saturated carbocycles. The maximum atomic E-state index is 13.8. The molecule has 2 aromatic heterocycles. The van der Waals surface area contributed by atoms with Crippen molar-refractivity contribution >= 4 is 0 Å². The number of aromatic nitrogens is 3. The highest BCUT2D eigenvalue weighted by Gasteiger charge is 2.40. The highest BCUT2D eigenvalue weighted by molar-refractivity contribution is 5.49. The molecule has 0 radical (unpaired) electrons. The molecule has 3 aromatic rings. The standard InChI is InChI=1S/C19H14F3N3O/c1-26-16-6-10(5-15(21)17(16)22)12-7-13(12)11-8-24-19(25-9-11)18-14(20)3-2-4-23-18/h2-6,8-9,12-13H,7H2,1H3/t12-,13-/m0/s1. The molecule has 0 bridgehead atoms. The second-order valence-corrected chi connectivity index (χ2v) is 6.14. The first kappa shape index (κ1) is 16.5. The highest BCUT2D eigenvalue weighted by Crippen LogP contribution is 2.55. The molecular weight excluding hydrogens is 343 g/mol. The third kappa shape index (κ3) is 2.89. The van der Waals surface area contributed by atoms with Crippen molar-refractivity contribution in [3.63, 3.8) is 0 Å². The summed E-state index contributed by atoms with van der Waals surface area (Å²) < 4.78 is 45.9. The molecule has 0 saturated heterocycles. The van der Waals surface area contributed by atoms with Gasteiger partial charge in [-0.25, -0.2) is 23.7 Å². The Balaban J connectivity index is 1.56. The molecule has 1 aromatic carbocycles. The zero-order valence-electron chi connectivity index (χ0n) is 13.8. The van der Waals surface area contributed by atoms with Crippen LogP contribution < -0.4 is 4.74 Å². The van der Waals surface area contributed by atoms with Crippen LogP contribution in [0, 0.1) is 17.5 Å². The maximum absolute atomic E-state index is 13.8. The molecule has 0 amide bonds. The van der Waals surface area contributed by atoms with E-state index in [0.717, 1.165) is 12.0 Å². The summed E-state index contributed by atoms with van der Waals surface area (Å²) in [5.41, 5.74) is 1.63. The van der Waals surface area contributed by atoms with Crippen LogP contribution in [0.5, 0.6) is 5.75 Å². The lowest BCUT2D eigenvalue weighted by Gasteiger charge is -2.07. The van der Waals surface area contributed by atoms with Crippen molar-refractivity contribution in [2.24, 2.45) is 0 Å². The first-order valence-corrected chi connectivity index (χ1v) is 8.04. The molecule has 0 spiro atoms. The van der Waals surface area contributed by atoms with E-state index in [1.54, 1.807) is 12.4 Å². The van der Waals surface area contributed by atoms with Crippen LogP contribution in [0.4, 0.5) is 13.2 Å². The van der Waals surface area contributed by atoms with Crippen LogP contribution in [0.2, 0.25) is 0 Å². The molecule has 2 heterocycles. The average Bonchev–Trinajstić information content (AvgIpc) is 3.45. The van der Waals surface area contributed by atoms with Gasteiger partial charge >= 0.3 is 0 Å². The van der Waals surface area contributed by atoms with Gasteiger partial charge in [0.1, 0.15) is 5.69 Å². The minimum Gasteiger partial charge on any atom is -0.494 e. The number of pyridine rings is 1. The Bertz CT molecular complexity index is 963. The fourth-order valence-corrected chi connectivity index (χ4v) is 3.08. The molecular formula is C19H14F3N3O. The predicted molar refractivity (Wildman–Crippen MR) is 88.2 cm³/mol. The molecule has 0 aliphatic heterocycles. The number of benzene rings is 1. The highest BCUT2D eigenvalue weighted by atomic mass is 19.2. The van der Waals surface area contributed by atoms with Crippen molar-refractivity contribution in [3.8, 4) is 17.3 Å². The van der Waals surface area contributed by atoms with Gasteiger partial charge in [-0.1, -0.05) is 0 Å². The Morgan fingerprint density at radius 3 is 2.38 bits per heavy atom. The monoisotopic (exact) mass is 357 g/mol. The average molecular weight is 357 g/mol. The molecule has 1 aliphatic carbocycles. The second kappa shape index (κ2) is 6.40. The third-order valence-corrected chi connectivity index (χ3v) is 4.53. The number of hydrogen-bond acceptors (Lipinski definition) is 4. The SMILES string of the molecule is COc1cc([C@@H]2C[C@H]2c2cnc(-c3ncccc3F)nc2)cc(F)c1F. The minimum absolute atomic E-state index is 0.0417. The van der Waals surface area contributed by atoms with E-state index < -0.39 is 17.5 Å². The first-order valence-electron chi connectivity index (χ1n) is 8.04. The number of halogens is 3. The van der Waals surface area contributed by atoms with Gasteiger partial charge in [0, 0.05) is 18.6 Å². The minimum atomic E-state index is -0.987. The number of ether oxygens (including phenoxy) is 1. The summed E-state index contributed by atoms with van der Waals surface area (Å²) in [6.45, 7) is 0. The van der Waals surface area contributed by atoms with E-state index in [-0.39, 0.29) is 29.1 Å².